The van der Waals surface area contributed by atoms with Gasteiger partial charge in [0.25, 0.3) is 0 Å². The fourth-order valence-corrected chi connectivity index (χ4v) is 1.76. The van der Waals surface area contributed by atoms with Crippen LogP contribution in [-0.2, 0) is 11.8 Å². The van der Waals surface area contributed by atoms with E-state index >= 15 is 0 Å². The van der Waals surface area contributed by atoms with Crippen LogP contribution in [-0.4, -0.2) is 17.1 Å². The lowest BCUT2D eigenvalue weighted by atomic mass is 10.1. The third-order valence-corrected chi connectivity index (χ3v) is 2.60. The van der Waals surface area contributed by atoms with Crippen molar-refractivity contribution in [3.8, 4) is 0 Å². The molecule has 0 saturated heterocycles. The van der Waals surface area contributed by atoms with Crippen LogP contribution in [0.1, 0.15) is 17.3 Å². The Hall–Kier alpha value is -1.97. The number of benzene rings is 1. The van der Waals surface area contributed by atoms with Gasteiger partial charge in [-0.15, -0.1) is 0 Å². The van der Waals surface area contributed by atoms with Gasteiger partial charge in [0.2, 0.25) is 0 Å². The van der Waals surface area contributed by atoms with Crippen LogP contribution in [0.25, 0.3) is 10.9 Å². The average Bonchev–Trinajstić information content (AvgIpc) is 2.62. The number of carbonyl (C=O) groups is 1. The smallest absolute Gasteiger partial charge is 0.340 e. The van der Waals surface area contributed by atoms with Gasteiger partial charge in [0.1, 0.15) is 0 Å². The summed E-state index contributed by atoms with van der Waals surface area (Å²) in [6, 6.07) is 5.47. The van der Waals surface area contributed by atoms with Gasteiger partial charge < -0.3 is 15.0 Å². The molecule has 1 aromatic carbocycles. The van der Waals surface area contributed by atoms with Gasteiger partial charge in [0.05, 0.1) is 17.9 Å². The first-order valence-corrected chi connectivity index (χ1v) is 5.15. The summed E-state index contributed by atoms with van der Waals surface area (Å²) in [6.07, 6.45) is 1.91. The molecule has 0 aliphatic heterocycles. The molecule has 0 saturated carbocycles. The van der Waals surface area contributed by atoms with Gasteiger partial charge >= 0.3 is 5.97 Å². The fraction of sp³-hybridized carbons (Fsp3) is 0.250. The molecule has 0 aliphatic carbocycles. The lowest BCUT2D eigenvalue weighted by Gasteiger charge is -2.06. The van der Waals surface area contributed by atoms with Crippen LogP contribution < -0.4 is 5.73 Å². The number of anilines is 1. The molecule has 0 spiro atoms. The van der Waals surface area contributed by atoms with Crippen LogP contribution in [0.15, 0.2) is 24.4 Å². The minimum Gasteiger partial charge on any atom is -0.462 e. The van der Waals surface area contributed by atoms with Crippen molar-refractivity contribution in [2.75, 3.05) is 12.3 Å². The first-order valence-electron chi connectivity index (χ1n) is 5.15. The largest absolute Gasteiger partial charge is 0.462 e. The van der Waals surface area contributed by atoms with Crippen LogP contribution in [0.5, 0.6) is 0 Å². The van der Waals surface area contributed by atoms with Gasteiger partial charge in [-0.3, -0.25) is 0 Å². The molecule has 0 radical (unpaired) electrons. The molecule has 0 aliphatic rings. The third kappa shape index (κ3) is 1.52. The number of nitrogens with two attached hydrogens (primary N) is 1. The SMILES string of the molecule is CCOC(=O)c1ccc2c(ccn2C)c1N. The van der Waals surface area contributed by atoms with Crippen LogP contribution in [0.2, 0.25) is 0 Å². The second-order valence-corrected chi connectivity index (χ2v) is 3.61. The van der Waals surface area contributed by atoms with Crippen molar-refractivity contribution in [1.29, 1.82) is 0 Å². The maximum absolute atomic E-state index is 11.6. The zero-order valence-electron chi connectivity index (χ0n) is 9.36. The Bertz CT molecular complexity index is 543. The number of hydrogen-bond donors (Lipinski definition) is 1. The zero-order chi connectivity index (χ0) is 11.7. The first kappa shape index (κ1) is 10.5. The topological polar surface area (TPSA) is 57.2 Å². The number of hydrogen-bond acceptors (Lipinski definition) is 3. The quantitative estimate of drug-likeness (QED) is 0.619. The highest BCUT2D eigenvalue weighted by molar-refractivity contribution is 6.04. The molecule has 0 atom stereocenters. The van der Waals surface area contributed by atoms with Crippen LogP contribution >= 0.6 is 0 Å². The van der Waals surface area contributed by atoms with Gasteiger partial charge in [-0.1, -0.05) is 0 Å². The number of nitrogens with zero attached hydrogens (tertiary/aromatic N) is 1. The molecule has 0 unspecified atom stereocenters. The number of fused-ring (bicyclic) bond motifs is 1. The predicted octanol–water partition coefficient (Wildman–Crippen LogP) is 1.94. The van der Waals surface area contributed by atoms with Crippen LogP contribution in [0.4, 0.5) is 5.69 Å². The molecular weight excluding hydrogens is 204 g/mol. The zero-order valence-corrected chi connectivity index (χ0v) is 9.36. The summed E-state index contributed by atoms with van der Waals surface area (Å²) in [5.41, 5.74) is 7.87. The molecule has 2 N–H and O–H groups in total. The Morgan fingerprint density at radius 1 is 1.44 bits per heavy atom. The Morgan fingerprint density at radius 3 is 2.88 bits per heavy atom. The average molecular weight is 218 g/mol. The number of rotatable bonds is 2. The lowest BCUT2D eigenvalue weighted by Crippen LogP contribution is -2.08. The molecule has 4 heteroatoms. The molecule has 1 aromatic heterocycles. The van der Waals surface area contributed by atoms with E-state index in [1.165, 1.54) is 0 Å². The fourth-order valence-electron chi connectivity index (χ4n) is 1.76. The van der Waals surface area contributed by atoms with Crippen molar-refractivity contribution in [3.05, 3.63) is 30.0 Å². The van der Waals surface area contributed by atoms with Crippen LogP contribution in [0, 0.1) is 0 Å². The second kappa shape index (κ2) is 3.89. The van der Waals surface area contributed by atoms with Gasteiger partial charge in [0, 0.05) is 24.1 Å². The number of aromatic nitrogens is 1. The van der Waals surface area contributed by atoms with Crippen molar-refractivity contribution in [3.63, 3.8) is 0 Å². The summed E-state index contributed by atoms with van der Waals surface area (Å²) in [4.78, 5) is 11.6. The van der Waals surface area contributed by atoms with E-state index in [-0.39, 0.29) is 5.97 Å². The predicted molar refractivity (Wildman–Crippen MR) is 63.3 cm³/mol. The molecule has 1 heterocycles. The number of ether oxygens (including phenoxy) is 1. The van der Waals surface area contributed by atoms with Crippen molar-refractivity contribution < 1.29 is 9.53 Å². The number of esters is 1. The number of nitrogen functional groups attached to an aromatic ring is 1. The standard InChI is InChI=1S/C12H14N2O2/c1-3-16-12(15)9-4-5-10-8(11(9)13)6-7-14(10)2/h4-7H,3,13H2,1-2H3. The minimum atomic E-state index is -0.370. The van der Waals surface area contributed by atoms with Gasteiger partial charge in [0.15, 0.2) is 0 Å². The normalized spacial score (nSPS) is 10.6. The Labute approximate surface area is 93.6 Å². The molecule has 16 heavy (non-hydrogen) atoms. The summed E-state index contributed by atoms with van der Waals surface area (Å²) < 4.78 is 6.90. The highest BCUT2D eigenvalue weighted by Crippen LogP contribution is 2.25. The van der Waals surface area contributed by atoms with E-state index in [9.17, 15) is 4.79 Å². The van der Waals surface area contributed by atoms with Crippen molar-refractivity contribution >= 4 is 22.6 Å². The van der Waals surface area contributed by atoms with Crippen molar-refractivity contribution in [2.45, 2.75) is 6.92 Å². The highest BCUT2D eigenvalue weighted by Gasteiger charge is 2.13. The minimum absolute atomic E-state index is 0.352. The lowest BCUT2D eigenvalue weighted by molar-refractivity contribution is 0.0528. The molecule has 0 bridgehead atoms. The van der Waals surface area contributed by atoms with Crippen LogP contribution in [0.3, 0.4) is 0 Å². The molecule has 0 amide bonds. The maximum atomic E-state index is 11.6. The summed E-state index contributed by atoms with van der Waals surface area (Å²) in [6.45, 7) is 2.13. The summed E-state index contributed by atoms with van der Waals surface area (Å²) in [5, 5.41) is 0.882. The molecular formula is C12H14N2O2. The monoisotopic (exact) mass is 218 g/mol. The Kier molecular flexibility index (Phi) is 2.56. The molecule has 2 rings (SSSR count). The van der Waals surface area contributed by atoms with Crippen molar-refractivity contribution in [1.82, 2.24) is 4.57 Å². The molecule has 0 fully saturated rings. The van der Waals surface area contributed by atoms with Crippen molar-refractivity contribution in [2.24, 2.45) is 7.05 Å². The highest BCUT2D eigenvalue weighted by atomic mass is 16.5. The van der Waals surface area contributed by atoms with E-state index < -0.39 is 0 Å². The molecule has 4 nitrogen and oxygen atoms in total. The Morgan fingerprint density at radius 2 is 2.19 bits per heavy atom. The Balaban J connectivity index is 2.56. The van der Waals surface area contributed by atoms with Gasteiger partial charge in [-0.25, -0.2) is 4.79 Å². The molecule has 2 aromatic rings. The van der Waals surface area contributed by atoms with Gasteiger partial charge in [-0.2, -0.15) is 0 Å². The summed E-state index contributed by atoms with van der Waals surface area (Å²) >= 11 is 0. The summed E-state index contributed by atoms with van der Waals surface area (Å²) in [7, 11) is 1.94. The summed E-state index contributed by atoms with van der Waals surface area (Å²) in [5.74, 6) is -0.370. The van der Waals surface area contributed by atoms with E-state index in [0.717, 1.165) is 10.9 Å². The van der Waals surface area contributed by atoms with E-state index in [4.69, 9.17) is 10.5 Å². The van der Waals surface area contributed by atoms with E-state index in [1.807, 2.05) is 29.9 Å². The first-order chi connectivity index (χ1) is 7.65. The van der Waals surface area contributed by atoms with E-state index in [2.05, 4.69) is 0 Å². The molecule has 84 valence electrons. The second-order valence-electron chi connectivity index (χ2n) is 3.61. The number of carbonyl (C=O) groups excluding carboxylic acids is 1. The maximum Gasteiger partial charge on any atom is 0.340 e. The van der Waals surface area contributed by atoms with E-state index in [1.54, 1.807) is 13.0 Å². The van der Waals surface area contributed by atoms with Gasteiger partial charge in [-0.05, 0) is 25.1 Å². The van der Waals surface area contributed by atoms with E-state index in [0.29, 0.717) is 17.9 Å². The third-order valence-electron chi connectivity index (χ3n) is 2.60. The number of aryl methyl sites for hydroxylation is 1.